The smallest absolute Gasteiger partial charge is 0.462 e. The SMILES string of the molecule is CC/C=C\C/C=C\C/C=C\C/C=C\CCCCCCCCC(=O)OCC(COP(=O)(O)OCC(O)COP(=O)(O)OCC(COC(=O)CCCCCCCCC/C=C\C/C=C\C/C=C\CC)OC(=O)CCCC/C=C\C/C=C\C/C=C\C/C=C\CC)OC(=O)CCCCCCC/C=C\CCCCCCCC. The molecular weight excluding hydrogens is 1380 g/mol. The van der Waals surface area contributed by atoms with Crippen LogP contribution in [0.2, 0.25) is 0 Å². The van der Waals surface area contributed by atoms with Crippen LogP contribution >= 0.6 is 15.6 Å². The zero-order chi connectivity index (χ0) is 77.4. The Morgan fingerprint density at radius 2 is 0.491 bits per heavy atom. The van der Waals surface area contributed by atoms with E-state index in [4.69, 9.17) is 37.0 Å². The molecule has 606 valence electrons. The molecule has 0 aromatic rings. The number of ether oxygens (including phenoxy) is 4. The molecule has 0 radical (unpaired) electrons. The lowest BCUT2D eigenvalue weighted by Crippen LogP contribution is -2.30. The van der Waals surface area contributed by atoms with E-state index < -0.39 is 97.5 Å². The fourth-order valence-corrected chi connectivity index (χ4v) is 12.2. The Labute approximate surface area is 643 Å². The van der Waals surface area contributed by atoms with Gasteiger partial charge in [-0.2, -0.15) is 0 Å². The predicted octanol–water partition coefficient (Wildman–Crippen LogP) is 24.2. The Kier molecular flexibility index (Phi) is 74.3. The zero-order valence-corrected chi connectivity index (χ0v) is 68.1. The molecule has 19 heteroatoms. The average Bonchev–Trinajstić information content (AvgIpc) is 0.909. The van der Waals surface area contributed by atoms with Crippen molar-refractivity contribution < 1.29 is 80.2 Å². The summed E-state index contributed by atoms with van der Waals surface area (Å²) in [5.74, 6) is -2.26. The second-order valence-corrected chi connectivity index (χ2v) is 29.8. The lowest BCUT2D eigenvalue weighted by Gasteiger charge is -2.21. The maximum atomic E-state index is 13.1. The first-order chi connectivity index (χ1) is 51.7. The lowest BCUT2D eigenvalue weighted by molar-refractivity contribution is -0.161. The van der Waals surface area contributed by atoms with E-state index in [2.05, 4.69) is 174 Å². The number of phosphoric ester groups is 2. The van der Waals surface area contributed by atoms with Crippen LogP contribution in [0.4, 0.5) is 0 Å². The summed E-state index contributed by atoms with van der Waals surface area (Å²) in [7, 11) is -9.99. The molecule has 5 unspecified atom stereocenters. The van der Waals surface area contributed by atoms with Crippen molar-refractivity contribution >= 4 is 39.5 Å². The van der Waals surface area contributed by atoms with Gasteiger partial charge in [0.15, 0.2) is 12.2 Å². The van der Waals surface area contributed by atoms with Crippen LogP contribution in [0, 0.1) is 0 Å². The quantitative estimate of drug-likeness (QED) is 0.0169. The number of carbonyl (C=O) groups excluding carboxylic acids is 4. The number of unbranched alkanes of at least 4 members (excludes halogenated alkanes) is 26. The summed E-state index contributed by atoms with van der Waals surface area (Å²) in [6.45, 7) is 4.47. The van der Waals surface area contributed by atoms with Crippen molar-refractivity contribution in [3.8, 4) is 0 Å². The van der Waals surface area contributed by atoms with E-state index in [9.17, 15) is 43.2 Å². The van der Waals surface area contributed by atoms with Gasteiger partial charge in [-0.1, -0.05) is 283 Å². The monoisotopic (exact) mass is 1530 g/mol. The standard InChI is InChI=1S/C87H146O17P2/c1-5-9-13-17-21-25-29-33-37-39-40-42-46-48-52-56-60-64-68-72-85(90)98-78-83(104-87(92)74-70-66-62-58-54-50-44-36-32-28-24-20-16-12-8-4)80-102-106(95,96)100-76-81(88)75-99-105(93,94)101-79-82(103-86(91)73-69-65-61-57-53-49-43-35-31-27-23-19-15-11-7-3)77-97-84(89)71-67-63-59-55-51-47-45-41-38-34-30-26-22-18-14-10-6-2/h9-11,13-15,21-23,25-27,33-38,40,42-44,53,57,81-83,88H,5-8,12,16-20,24,28-32,39,41,45-52,54-56,58-80H2,1-4H3,(H,93,94)(H,95,96)/b13-9-,14-10-,15-11-,25-21-,26-22-,27-23-,37-33-,38-34-,42-40-,43-35-,44-36-,57-53-. The number of phosphoric acid groups is 2. The molecule has 0 fully saturated rings. The van der Waals surface area contributed by atoms with E-state index in [0.717, 1.165) is 199 Å². The highest BCUT2D eigenvalue weighted by Gasteiger charge is 2.30. The Hall–Kier alpha value is -5.06. The highest BCUT2D eigenvalue weighted by molar-refractivity contribution is 7.47. The maximum absolute atomic E-state index is 13.1. The molecule has 17 nitrogen and oxygen atoms in total. The number of allylic oxidation sites excluding steroid dienone is 24. The largest absolute Gasteiger partial charge is 0.472 e. The second kappa shape index (κ2) is 78.1. The summed E-state index contributed by atoms with van der Waals surface area (Å²) < 4.78 is 68.7. The first-order valence-electron chi connectivity index (χ1n) is 41.1. The van der Waals surface area contributed by atoms with Crippen molar-refractivity contribution in [2.45, 2.75) is 341 Å². The molecule has 5 atom stereocenters. The Balaban J connectivity index is 5.42. The third-order valence-corrected chi connectivity index (χ3v) is 18.7. The van der Waals surface area contributed by atoms with E-state index >= 15 is 0 Å². The minimum atomic E-state index is -5.00. The van der Waals surface area contributed by atoms with E-state index in [-0.39, 0.29) is 25.7 Å². The Bertz CT molecular complexity index is 2580. The first-order valence-corrected chi connectivity index (χ1v) is 44.1. The third kappa shape index (κ3) is 77.1. The molecule has 0 aliphatic heterocycles. The van der Waals surface area contributed by atoms with Crippen LogP contribution in [0.3, 0.4) is 0 Å². The van der Waals surface area contributed by atoms with E-state index in [1.54, 1.807) is 0 Å². The third-order valence-electron chi connectivity index (χ3n) is 16.8. The van der Waals surface area contributed by atoms with E-state index in [1.807, 2.05) is 0 Å². The number of aliphatic hydroxyl groups excluding tert-OH is 1. The van der Waals surface area contributed by atoms with Crippen LogP contribution in [0.5, 0.6) is 0 Å². The van der Waals surface area contributed by atoms with Crippen molar-refractivity contribution in [1.29, 1.82) is 0 Å². The van der Waals surface area contributed by atoms with Crippen molar-refractivity contribution in [2.24, 2.45) is 0 Å². The van der Waals surface area contributed by atoms with Crippen LogP contribution in [0.25, 0.3) is 0 Å². The van der Waals surface area contributed by atoms with E-state index in [0.29, 0.717) is 32.1 Å². The number of esters is 4. The molecule has 0 aliphatic rings. The van der Waals surface area contributed by atoms with Crippen LogP contribution < -0.4 is 0 Å². The van der Waals surface area contributed by atoms with Gasteiger partial charge < -0.3 is 33.8 Å². The number of hydrogen-bond donors (Lipinski definition) is 3. The highest BCUT2D eigenvalue weighted by Crippen LogP contribution is 2.45. The van der Waals surface area contributed by atoms with Gasteiger partial charge in [-0.3, -0.25) is 37.3 Å². The molecule has 0 aromatic heterocycles. The zero-order valence-electron chi connectivity index (χ0n) is 66.3. The summed E-state index contributed by atoms with van der Waals surface area (Å²) in [5.41, 5.74) is 0. The molecule has 0 aliphatic carbocycles. The molecule has 0 amide bonds. The minimum Gasteiger partial charge on any atom is -0.462 e. The van der Waals surface area contributed by atoms with Gasteiger partial charge in [0, 0.05) is 25.7 Å². The fraction of sp³-hybridized carbons (Fsp3) is 0.678. The number of hydrogen-bond acceptors (Lipinski definition) is 15. The number of rotatable bonds is 76. The predicted molar refractivity (Wildman–Crippen MR) is 436 cm³/mol. The summed E-state index contributed by atoms with van der Waals surface area (Å²) in [5, 5.41) is 10.7. The molecule has 0 spiro atoms. The average molecular weight is 1530 g/mol. The molecule has 3 N–H and O–H groups in total. The van der Waals surface area contributed by atoms with Gasteiger partial charge in [-0.05, 0) is 161 Å². The molecule has 0 rings (SSSR count). The van der Waals surface area contributed by atoms with Crippen LogP contribution in [0.1, 0.15) is 323 Å². The Morgan fingerprint density at radius 1 is 0.274 bits per heavy atom. The molecule has 0 aromatic carbocycles. The highest BCUT2D eigenvalue weighted by atomic mass is 31.2. The summed E-state index contributed by atoms with van der Waals surface area (Å²) in [4.78, 5) is 73.1. The summed E-state index contributed by atoms with van der Waals surface area (Å²) in [6.07, 6.45) is 89.6. The minimum absolute atomic E-state index is 0.0366. The van der Waals surface area contributed by atoms with Crippen molar-refractivity contribution in [2.75, 3.05) is 39.6 Å². The van der Waals surface area contributed by atoms with Gasteiger partial charge in [0.2, 0.25) is 0 Å². The van der Waals surface area contributed by atoms with Gasteiger partial charge in [0.1, 0.15) is 19.3 Å². The molecule has 0 saturated carbocycles. The fourth-order valence-electron chi connectivity index (χ4n) is 10.6. The topological polar surface area (TPSA) is 237 Å². The Morgan fingerprint density at radius 3 is 0.783 bits per heavy atom. The van der Waals surface area contributed by atoms with Crippen LogP contribution in [0.15, 0.2) is 146 Å². The first kappa shape index (κ1) is 101. The second-order valence-electron chi connectivity index (χ2n) is 26.9. The van der Waals surface area contributed by atoms with Crippen molar-refractivity contribution in [1.82, 2.24) is 0 Å². The lowest BCUT2D eigenvalue weighted by atomic mass is 10.1. The number of aliphatic hydroxyl groups is 1. The molecule has 0 saturated heterocycles. The van der Waals surface area contributed by atoms with Crippen LogP contribution in [-0.4, -0.2) is 96.7 Å². The molecular formula is C87H146O17P2. The van der Waals surface area contributed by atoms with Crippen molar-refractivity contribution in [3.05, 3.63) is 146 Å². The van der Waals surface area contributed by atoms with Gasteiger partial charge in [-0.15, -0.1) is 0 Å². The normalized spacial score (nSPS) is 14.6. The van der Waals surface area contributed by atoms with Gasteiger partial charge in [0.25, 0.3) is 0 Å². The van der Waals surface area contributed by atoms with Crippen molar-refractivity contribution in [3.63, 3.8) is 0 Å². The number of carbonyl (C=O) groups is 4. The summed E-state index contributed by atoms with van der Waals surface area (Å²) >= 11 is 0. The van der Waals surface area contributed by atoms with Gasteiger partial charge in [-0.25, -0.2) is 9.13 Å². The summed E-state index contributed by atoms with van der Waals surface area (Å²) in [6, 6.07) is 0. The maximum Gasteiger partial charge on any atom is 0.472 e. The van der Waals surface area contributed by atoms with E-state index in [1.165, 1.54) is 38.5 Å². The molecule has 0 heterocycles. The van der Waals surface area contributed by atoms with Crippen LogP contribution in [-0.2, 0) is 65.4 Å². The molecule has 0 bridgehead atoms. The molecule has 106 heavy (non-hydrogen) atoms. The van der Waals surface area contributed by atoms with Gasteiger partial charge in [0.05, 0.1) is 26.4 Å². The van der Waals surface area contributed by atoms with Gasteiger partial charge >= 0.3 is 39.5 Å².